The number of phenolic OH excluding ortho intramolecular Hbond substituents is 1. The molecule has 2 aromatic rings. The molecule has 0 amide bonds. The second-order valence-corrected chi connectivity index (χ2v) is 3.46. The van der Waals surface area contributed by atoms with Crippen LogP contribution in [0, 0.1) is 6.92 Å². The van der Waals surface area contributed by atoms with Crippen LogP contribution in [0.15, 0.2) is 18.2 Å². The molecule has 0 fully saturated rings. The van der Waals surface area contributed by atoms with Crippen LogP contribution in [0.4, 0.5) is 0 Å². The molecule has 5 heteroatoms. The maximum absolute atomic E-state index is 10.7. The quantitative estimate of drug-likeness (QED) is 0.793. The van der Waals surface area contributed by atoms with Crippen LogP contribution >= 0.6 is 0 Å². The molecular weight excluding hydrogens is 208 g/mol. The van der Waals surface area contributed by atoms with Crippen LogP contribution in [0.2, 0.25) is 0 Å². The lowest BCUT2D eigenvalue weighted by molar-refractivity contribution is -0.136. The third kappa shape index (κ3) is 1.79. The molecule has 0 unspecified atom stereocenters. The van der Waals surface area contributed by atoms with Crippen molar-refractivity contribution in [3.63, 3.8) is 0 Å². The van der Waals surface area contributed by atoms with E-state index in [1.165, 1.54) is 6.07 Å². The summed E-state index contributed by atoms with van der Waals surface area (Å²) in [6.45, 7) is 1.66. The van der Waals surface area contributed by atoms with Gasteiger partial charge in [-0.05, 0) is 13.0 Å². The predicted molar refractivity (Wildman–Crippen MR) is 57.3 cm³/mol. The summed E-state index contributed by atoms with van der Waals surface area (Å²) in [5.41, 5.74) is 0.817. The Hall–Kier alpha value is -2.17. The van der Waals surface area contributed by atoms with Crippen LogP contribution < -0.4 is 0 Å². The molecule has 1 aromatic carbocycles. The SMILES string of the molecule is Cc1nc(CC(=O)O)c2cccc(O)c2n1. The molecule has 0 atom stereocenters. The highest BCUT2D eigenvalue weighted by Crippen LogP contribution is 2.24. The van der Waals surface area contributed by atoms with Crippen LogP contribution in [-0.2, 0) is 11.2 Å². The molecule has 0 aliphatic carbocycles. The van der Waals surface area contributed by atoms with Gasteiger partial charge in [0.15, 0.2) is 0 Å². The van der Waals surface area contributed by atoms with E-state index in [1.807, 2.05) is 0 Å². The van der Waals surface area contributed by atoms with Crippen molar-refractivity contribution in [3.8, 4) is 5.75 Å². The summed E-state index contributed by atoms with van der Waals surface area (Å²) >= 11 is 0. The summed E-state index contributed by atoms with van der Waals surface area (Å²) in [5, 5.41) is 19.0. The first kappa shape index (κ1) is 10.4. The first-order valence-electron chi connectivity index (χ1n) is 4.75. The Labute approximate surface area is 91.4 Å². The summed E-state index contributed by atoms with van der Waals surface area (Å²) in [6.07, 6.45) is -0.177. The minimum Gasteiger partial charge on any atom is -0.506 e. The predicted octanol–water partition coefficient (Wildman–Crippen LogP) is 1.27. The van der Waals surface area contributed by atoms with Gasteiger partial charge >= 0.3 is 5.97 Å². The number of aryl methyl sites for hydroxylation is 1. The number of rotatable bonds is 2. The number of carboxylic acid groups (broad SMARTS) is 1. The molecule has 2 N–H and O–H groups in total. The van der Waals surface area contributed by atoms with E-state index in [0.717, 1.165) is 0 Å². The molecule has 0 saturated carbocycles. The van der Waals surface area contributed by atoms with Crippen molar-refractivity contribution in [2.45, 2.75) is 13.3 Å². The van der Waals surface area contributed by atoms with Gasteiger partial charge in [-0.2, -0.15) is 0 Å². The standard InChI is InChI=1S/C11H10N2O3/c1-6-12-8(5-10(15)16)7-3-2-4-9(14)11(7)13-6/h2-4,14H,5H2,1H3,(H,15,16). The normalized spacial score (nSPS) is 10.6. The number of nitrogens with zero attached hydrogens (tertiary/aromatic N) is 2. The summed E-state index contributed by atoms with van der Waals surface area (Å²) in [4.78, 5) is 18.9. The smallest absolute Gasteiger partial charge is 0.309 e. The van der Waals surface area contributed by atoms with Gasteiger partial charge in [-0.25, -0.2) is 9.97 Å². The van der Waals surface area contributed by atoms with Crippen LogP contribution in [0.3, 0.4) is 0 Å². The van der Waals surface area contributed by atoms with Crippen molar-refractivity contribution in [2.24, 2.45) is 0 Å². The lowest BCUT2D eigenvalue weighted by Gasteiger charge is -2.05. The minimum absolute atomic E-state index is 0.0367. The van der Waals surface area contributed by atoms with Gasteiger partial charge in [0.1, 0.15) is 17.1 Å². The lowest BCUT2D eigenvalue weighted by Crippen LogP contribution is -2.05. The van der Waals surface area contributed by atoms with Gasteiger partial charge in [0.25, 0.3) is 0 Å². The van der Waals surface area contributed by atoms with Crippen LogP contribution in [0.1, 0.15) is 11.5 Å². The third-order valence-corrected chi connectivity index (χ3v) is 2.21. The molecule has 1 aromatic heterocycles. The second-order valence-electron chi connectivity index (χ2n) is 3.46. The number of aromatic hydroxyl groups is 1. The van der Waals surface area contributed by atoms with Gasteiger partial charge in [-0.1, -0.05) is 12.1 Å². The molecule has 0 spiro atoms. The Morgan fingerprint density at radius 1 is 1.38 bits per heavy atom. The van der Waals surface area contributed by atoms with Crippen molar-refractivity contribution < 1.29 is 15.0 Å². The number of aliphatic carboxylic acids is 1. The zero-order valence-electron chi connectivity index (χ0n) is 8.64. The monoisotopic (exact) mass is 218 g/mol. The number of carbonyl (C=O) groups is 1. The molecular formula is C11H10N2O3. The Balaban J connectivity index is 2.72. The number of hydrogen-bond donors (Lipinski definition) is 2. The van der Waals surface area contributed by atoms with E-state index >= 15 is 0 Å². The van der Waals surface area contributed by atoms with E-state index in [1.54, 1.807) is 19.1 Å². The van der Waals surface area contributed by atoms with Crippen LogP contribution in [-0.4, -0.2) is 26.2 Å². The zero-order chi connectivity index (χ0) is 11.7. The van der Waals surface area contributed by atoms with Crippen molar-refractivity contribution in [1.82, 2.24) is 9.97 Å². The van der Waals surface area contributed by atoms with E-state index in [4.69, 9.17) is 5.11 Å². The van der Waals surface area contributed by atoms with E-state index in [2.05, 4.69) is 9.97 Å². The molecule has 2 rings (SSSR count). The minimum atomic E-state index is -0.956. The van der Waals surface area contributed by atoms with Gasteiger partial charge < -0.3 is 10.2 Å². The fraction of sp³-hybridized carbons (Fsp3) is 0.182. The topological polar surface area (TPSA) is 83.3 Å². The van der Waals surface area contributed by atoms with Gasteiger partial charge in [0.2, 0.25) is 0 Å². The molecule has 0 bridgehead atoms. The molecule has 0 radical (unpaired) electrons. The van der Waals surface area contributed by atoms with E-state index in [-0.39, 0.29) is 12.2 Å². The molecule has 5 nitrogen and oxygen atoms in total. The van der Waals surface area contributed by atoms with Crippen molar-refractivity contribution >= 4 is 16.9 Å². The zero-order valence-corrected chi connectivity index (χ0v) is 8.64. The van der Waals surface area contributed by atoms with Gasteiger partial charge in [0.05, 0.1) is 12.1 Å². The highest BCUT2D eigenvalue weighted by Gasteiger charge is 2.11. The molecule has 16 heavy (non-hydrogen) atoms. The number of carboxylic acids is 1. The van der Waals surface area contributed by atoms with E-state index < -0.39 is 5.97 Å². The molecule has 1 heterocycles. The number of para-hydroxylation sites is 1. The summed E-state index contributed by atoms with van der Waals surface area (Å²) < 4.78 is 0. The Bertz CT molecular complexity index is 566. The van der Waals surface area contributed by atoms with Gasteiger partial charge in [0, 0.05) is 5.39 Å². The average Bonchev–Trinajstić information content (AvgIpc) is 2.18. The third-order valence-electron chi connectivity index (χ3n) is 2.21. The number of phenols is 1. The van der Waals surface area contributed by atoms with Gasteiger partial charge in [-0.3, -0.25) is 4.79 Å². The lowest BCUT2D eigenvalue weighted by atomic mass is 10.1. The fourth-order valence-corrected chi connectivity index (χ4v) is 1.60. The second kappa shape index (κ2) is 3.77. The first-order valence-corrected chi connectivity index (χ1v) is 4.75. The maximum atomic E-state index is 10.7. The number of hydrogen-bond acceptors (Lipinski definition) is 4. The summed E-state index contributed by atoms with van der Waals surface area (Å²) in [6, 6.07) is 4.85. The Morgan fingerprint density at radius 2 is 2.12 bits per heavy atom. The van der Waals surface area contributed by atoms with E-state index in [9.17, 15) is 9.90 Å². The van der Waals surface area contributed by atoms with E-state index in [0.29, 0.717) is 22.4 Å². The number of aromatic nitrogens is 2. The summed E-state index contributed by atoms with van der Waals surface area (Å²) in [7, 11) is 0. The Morgan fingerprint density at radius 3 is 2.81 bits per heavy atom. The van der Waals surface area contributed by atoms with Gasteiger partial charge in [-0.15, -0.1) is 0 Å². The molecule has 82 valence electrons. The Kier molecular flexibility index (Phi) is 2.44. The largest absolute Gasteiger partial charge is 0.506 e. The number of fused-ring (bicyclic) bond motifs is 1. The highest BCUT2D eigenvalue weighted by atomic mass is 16.4. The first-order chi connectivity index (χ1) is 7.58. The maximum Gasteiger partial charge on any atom is 0.309 e. The summed E-state index contributed by atoms with van der Waals surface area (Å²) in [5.74, 6) is -0.470. The molecule has 0 aliphatic rings. The van der Waals surface area contributed by atoms with Crippen LogP contribution in [0.25, 0.3) is 10.9 Å². The van der Waals surface area contributed by atoms with Crippen molar-refractivity contribution in [2.75, 3.05) is 0 Å². The van der Waals surface area contributed by atoms with Crippen LogP contribution in [0.5, 0.6) is 5.75 Å². The highest BCUT2D eigenvalue weighted by molar-refractivity contribution is 5.88. The average molecular weight is 218 g/mol. The fourth-order valence-electron chi connectivity index (χ4n) is 1.60. The molecule has 0 aliphatic heterocycles. The van der Waals surface area contributed by atoms with Crippen molar-refractivity contribution in [1.29, 1.82) is 0 Å². The van der Waals surface area contributed by atoms with Crippen molar-refractivity contribution in [3.05, 3.63) is 29.7 Å². The molecule has 0 saturated heterocycles. The number of benzene rings is 1.